The zero-order valence-corrected chi connectivity index (χ0v) is 9.28. The minimum atomic E-state index is -1.12. The van der Waals surface area contributed by atoms with E-state index in [4.69, 9.17) is 16.7 Å². The summed E-state index contributed by atoms with van der Waals surface area (Å²) in [6, 6.07) is 6.52. The summed E-state index contributed by atoms with van der Waals surface area (Å²) in [4.78, 5) is 21.8. The predicted octanol–water partition coefficient (Wildman–Crippen LogP) is 2.31. The van der Waals surface area contributed by atoms with Crippen molar-refractivity contribution in [2.75, 3.05) is 5.32 Å². The molecular weight excluding hydrogens is 230 g/mol. The van der Waals surface area contributed by atoms with Crippen LogP contribution < -0.4 is 5.32 Å². The fourth-order valence-electron chi connectivity index (χ4n) is 0.970. The highest BCUT2D eigenvalue weighted by Crippen LogP contribution is 2.13. The summed E-state index contributed by atoms with van der Waals surface area (Å²) in [5.41, 5.74) is 0.537. The van der Waals surface area contributed by atoms with Crippen molar-refractivity contribution in [3.63, 3.8) is 0 Å². The molecule has 0 aliphatic rings. The molecule has 4 nitrogen and oxygen atoms in total. The number of carbonyl (C=O) groups is 2. The fraction of sp³-hybridized carbons (Fsp3) is 0.0909. The zero-order chi connectivity index (χ0) is 12.1. The fourth-order valence-corrected chi connectivity index (χ4v) is 1.10. The third kappa shape index (κ3) is 3.74. The zero-order valence-electron chi connectivity index (χ0n) is 8.53. The Balaban J connectivity index is 2.68. The maximum absolute atomic E-state index is 11.3. The Bertz CT molecular complexity index is 437. The monoisotopic (exact) mass is 239 g/mol. The molecule has 0 fully saturated rings. The first-order valence-corrected chi connectivity index (χ1v) is 4.85. The van der Waals surface area contributed by atoms with E-state index in [1.807, 2.05) is 0 Å². The van der Waals surface area contributed by atoms with Gasteiger partial charge < -0.3 is 10.4 Å². The highest BCUT2D eigenvalue weighted by Gasteiger charge is 2.04. The Morgan fingerprint density at radius 1 is 1.31 bits per heavy atom. The van der Waals surface area contributed by atoms with E-state index in [0.29, 0.717) is 10.7 Å². The van der Waals surface area contributed by atoms with Crippen LogP contribution in [0.2, 0.25) is 5.02 Å². The predicted molar refractivity (Wildman–Crippen MR) is 61.5 cm³/mol. The van der Waals surface area contributed by atoms with Crippen molar-refractivity contribution < 1.29 is 14.7 Å². The summed E-state index contributed by atoms with van der Waals surface area (Å²) < 4.78 is 0. The molecule has 84 valence electrons. The number of benzene rings is 1. The second kappa shape index (κ2) is 5.32. The van der Waals surface area contributed by atoms with Crippen LogP contribution in [-0.4, -0.2) is 17.0 Å². The van der Waals surface area contributed by atoms with Gasteiger partial charge in [0.2, 0.25) is 5.91 Å². The average Bonchev–Trinajstić information content (AvgIpc) is 2.21. The van der Waals surface area contributed by atoms with Gasteiger partial charge in [-0.15, -0.1) is 0 Å². The van der Waals surface area contributed by atoms with Crippen LogP contribution in [0.1, 0.15) is 6.92 Å². The average molecular weight is 240 g/mol. The maximum Gasteiger partial charge on any atom is 0.331 e. The van der Waals surface area contributed by atoms with Crippen LogP contribution in [0.4, 0.5) is 5.69 Å². The summed E-state index contributed by atoms with van der Waals surface area (Å²) in [7, 11) is 0. The van der Waals surface area contributed by atoms with Gasteiger partial charge in [0.15, 0.2) is 0 Å². The largest absolute Gasteiger partial charge is 0.478 e. The first-order valence-electron chi connectivity index (χ1n) is 4.47. The van der Waals surface area contributed by atoms with Crippen molar-refractivity contribution in [1.82, 2.24) is 0 Å². The molecule has 1 amide bonds. The van der Waals surface area contributed by atoms with Gasteiger partial charge in [0.05, 0.1) is 0 Å². The van der Waals surface area contributed by atoms with E-state index in [9.17, 15) is 9.59 Å². The third-order valence-corrected chi connectivity index (χ3v) is 2.05. The number of aliphatic carboxylic acids is 1. The van der Waals surface area contributed by atoms with Gasteiger partial charge in [0.25, 0.3) is 0 Å². The molecule has 0 atom stereocenters. The lowest BCUT2D eigenvalue weighted by atomic mass is 10.2. The number of hydrogen-bond donors (Lipinski definition) is 2. The van der Waals surface area contributed by atoms with Crippen molar-refractivity contribution in [1.29, 1.82) is 0 Å². The van der Waals surface area contributed by atoms with E-state index in [2.05, 4.69) is 5.32 Å². The van der Waals surface area contributed by atoms with Crippen LogP contribution in [0.15, 0.2) is 35.9 Å². The van der Waals surface area contributed by atoms with Gasteiger partial charge in [-0.3, -0.25) is 4.79 Å². The van der Waals surface area contributed by atoms with Crippen LogP contribution in [-0.2, 0) is 9.59 Å². The topological polar surface area (TPSA) is 66.4 Å². The summed E-state index contributed by atoms with van der Waals surface area (Å²) in [5.74, 6) is -1.60. The smallest absolute Gasteiger partial charge is 0.331 e. The van der Waals surface area contributed by atoms with E-state index in [1.54, 1.807) is 24.3 Å². The van der Waals surface area contributed by atoms with Crippen molar-refractivity contribution in [2.24, 2.45) is 0 Å². The van der Waals surface area contributed by atoms with Gasteiger partial charge in [-0.2, -0.15) is 0 Å². The van der Waals surface area contributed by atoms with Gasteiger partial charge >= 0.3 is 5.97 Å². The van der Waals surface area contributed by atoms with Gasteiger partial charge in [-0.25, -0.2) is 4.79 Å². The van der Waals surface area contributed by atoms with Gasteiger partial charge in [-0.05, 0) is 31.2 Å². The second-order valence-corrected chi connectivity index (χ2v) is 3.57. The molecule has 1 rings (SSSR count). The molecule has 2 N–H and O–H groups in total. The Morgan fingerprint density at radius 2 is 1.88 bits per heavy atom. The third-order valence-electron chi connectivity index (χ3n) is 1.80. The molecule has 0 aliphatic carbocycles. The second-order valence-electron chi connectivity index (χ2n) is 3.13. The van der Waals surface area contributed by atoms with Crippen molar-refractivity contribution >= 4 is 29.2 Å². The molecule has 0 heterocycles. The number of hydrogen-bond acceptors (Lipinski definition) is 2. The minimum absolute atomic E-state index is 0.0218. The molecule has 16 heavy (non-hydrogen) atoms. The highest BCUT2D eigenvalue weighted by molar-refractivity contribution is 6.30. The Morgan fingerprint density at radius 3 is 2.38 bits per heavy atom. The molecule has 0 aliphatic heterocycles. The molecule has 0 bridgehead atoms. The number of carbonyl (C=O) groups excluding carboxylic acids is 1. The molecule has 0 saturated heterocycles. The first-order chi connectivity index (χ1) is 7.49. The molecule has 5 heteroatoms. The Hall–Kier alpha value is -1.81. The number of halogens is 1. The first kappa shape index (κ1) is 12.3. The van der Waals surface area contributed by atoms with Crippen molar-refractivity contribution in [2.45, 2.75) is 6.92 Å². The minimum Gasteiger partial charge on any atom is -0.478 e. The molecule has 0 unspecified atom stereocenters. The van der Waals surface area contributed by atoms with E-state index < -0.39 is 11.9 Å². The van der Waals surface area contributed by atoms with Crippen LogP contribution in [0.5, 0.6) is 0 Å². The van der Waals surface area contributed by atoms with E-state index in [1.165, 1.54) is 6.92 Å². The molecule has 0 spiro atoms. The van der Waals surface area contributed by atoms with Gasteiger partial charge in [0.1, 0.15) is 0 Å². The summed E-state index contributed by atoms with van der Waals surface area (Å²) in [5, 5.41) is 11.7. The van der Waals surface area contributed by atoms with Crippen molar-refractivity contribution in [3.05, 3.63) is 40.9 Å². The standard InChI is InChI=1S/C11H10ClNO3/c1-7(11(15)16)6-10(14)13-9-4-2-8(12)3-5-9/h2-6H,1H3,(H,13,14)(H,15,16)/b7-6-. The highest BCUT2D eigenvalue weighted by atomic mass is 35.5. The number of amides is 1. The van der Waals surface area contributed by atoms with Crippen LogP contribution in [0.25, 0.3) is 0 Å². The number of anilines is 1. The van der Waals surface area contributed by atoms with Crippen LogP contribution in [0.3, 0.4) is 0 Å². The van der Waals surface area contributed by atoms with Gasteiger partial charge in [-0.1, -0.05) is 11.6 Å². The molecule has 1 aromatic rings. The van der Waals surface area contributed by atoms with E-state index in [0.717, 1.165) is 6.08 Å². The lowest BCUT2D eigenvalue weighted by Gasteiger charge is -2.02. The SMILES string of the molecule is C/C(=C/C(=O)Nc1ccc(Cl)cc1)C(=O)O. The number of carboxylic acids is 1. The summed E-state index contributed by atoms with van der Waals surface area (Å²) in [6.45, 7) is 1.35. The van der Waals surface area contributed by atoms with E-state index >= 15 is 0 Å². The summed E-state index contributed by atoms with van der Waals surface area (Å²) in [6.07, 6.45) is 1.02. The molecule has 0 saturated carbocycles. The number of rotatable bonds is 3. The summed E-state index contributed by atoms with van der Waals surface area (Å²) >= 11 is 5.67. The van der Waals surface area contributed by atoms with Crippen molar-refractivity contribution in [3.8, 4) is 0 Å². The maximum atomic E-state index is 11.3. The van der Waals surface area contributed by atoms with Gasteiger partial charge in [0, 0.05) is 22.4 Å². The molecule has 0 aromatic heterocycles. The molecular formula is C11H10ClNO3. The van der Waals surface area contributed by atoms with E-state index in [-0.39, 0.29) is 5.57 Å². The number of nitrogens with one attached hydrogen (secondary N) is 1. The Labute approximate surface area is 97.5 Å². The lowest BCUT2D eigenvalue weighted by molar-refractivity contribution is -0.132. The van der Waals surface area contributed by atoms with Crippen LogP contribution >= 0.6 is 11.6 Å². The molecule has 0 radical (unpaired) electrons. The molecule has 1 aromatic carbocycles. The quantitative estimate of drug-likeness (QED) is 0.796. The lowest BCUT2D eigenvalue weighted by Crippen LogP contribution is -2.10. The number of carboxylic acid groups (broad SMARTS) is 1. The van der Waals surface area contributed by atoms with Crippen LogP contribution in [0, 0.1) is 0 Å². The normalized spacial score (nSPS) is 11.0. The Kier molecular flexibility index (Phi) is 4.08.